The fourth-order valence-electron chi connectivity index (χ4n) is 2.13. The van der Waals surface area contributed by atoms with E-state index < -0.39 is 0 Å². The summed E-state index contributed by atoms with van der Waals surface area (Å²) in [5, 5.41) is 0.300. The minimum absolute atomic E-state index is 0.300. The number of hydrogen-bond donors (Lipinski definition) is 0. The van der Waals surface area contributed by atoms with E-state index >= 15 is 0 Å². The minimum atomic E-state index is 0.300. The third kappa shape index (κ3) is 2.29. The predicted molar refractivity (Wildman–Crippen MR) is 67.1 cm³/mol. The number of anilines is 1. The molecule has 1 fully saturated rings. The van der Waals surface area contributed by atoms with Crippen LogP contribution >= 0.6 is 11.6 Å². The standard InChI is InChI=1S/C12H18ClN3/c1-8-7-16(5-4-11(8)13)12-10(3)14-6-9(2)15-12/h6,8,11H,4-5,7H2,1-3H3. The van der Waals surface area contributed by atoms with E-state index in [2.05, 4.69) is 21.8 Å². The molecule has 3 nitrogen and oxygen atoms in total. The molecular weight excluding hydrogens is 222 g/mol. The van der Waals surface area contributed by atoms with Gasteiger partial charge in [-0.15, -0.1) is 11.6 Å². The first-order chi connectivity index (χ1) is 7.58. The van der Waals surface area contributed by atoms with Crippen molar-refractivity contribution in [3.8, 4) is 0 Å². The number of aryl methyl sites for hydroxylation is 2. The molecule has 0 saturated carbocycles. The molecule has 16 heavy (non-hydrogen) atoms. The van der Waals surface area contributed by atoms with Crippen LogP contribution in [0.1, 0.15) is 24.7 Å². The topological polar surface area (TPSA) is 29.0 Å². The Hall–Kier alpha value is -0.830. The maximum Gasteiger partial charge on any atom is 0.150 e. The van der Waals surface area contributed by atoms with Crippen LogP contribution in [0, 0.1) is 19.8 Å². The van der Waals surface area contributed by atoms with Crippen LogP contribution in [0.15, 0.2) is 6.20 Å². The Labute approximate surface area is 102 Å². The first kappa shape index (κ1) is 11.6. The van der Waals surface area contributed by atoms with E-state index in [0.717, 1.165) is 36.7 Å². The third-order valence-electron chi connectivity index (χ3n) is 3.15. The van der Waals surface area contributed by atoms with Gasteiger partial charge in [-0.05, 0) is 26.2 Å². The lowest BCUT2D eigenvalue weighted by atomic mass is 9.99. The smallest absolute Gasteiger partial charge is 0.150 e. The quantitative estimate of drug-likeness (QED) is 0.706. The molecule has 2 rings (SSSR count). The first-order valence-corrected chi connectivity index (χ1v) is 6.21. The molecule has 1 aromatic heterocycles. The van der Waals surface area contributed by atoms with Crippen molar-refractivity contribution in [2.24, 2.45) is 5.92 Å². The van der Waals surface area contributed by atoms with Gasteiger partial charge in [0.2, 0.25) is 0 Å². The lowest BCUT2D eigenvalue weighted by Gasteiger charge is -2.35. The maximum absolute atomic E-state index is 6.23. The van der Waals surface area contributed by atoms with Crippen LogP contribution in [0.5, 0.6) is 0 Å². The van der Waals surface area contributed by atoms with Crippen molar-refractivity contribution in [2.45, 2.75) is 32.6 Å². The summed E-state index contributed by atoms with van der Waals surface area (Å²) in [6.07, 6.45) is 2.84. The van der Waals surface area contributed by atoms with Gasteiger partial charge >= 0.3 is 0 Å². The van der Waals surface area contributed by atoms with E-state index in [1.54, 1.807) is 0 Å². The van der Waals surface area contributed by atoms with Crippen molar-refractivity contribution in [3.63, 3.8) is 0 Å². The van der Waals surface area contributed by atoms with Crippen LogP contribution in [0.3, 0.4) is 0 Å². The van der Waals surface area contributed by atoms with Crippen LogP contribution in [0.25, 0.3) is 0 Å². The van der Waals surface area contributed by atoms with Gasteiger partial charge in [0, 0.05) is 24.7 Å². The fourth-order valence-corrected chi connectivity index (χ4v) is 2.31. The van der Waals surface area contributed by atoms with Crippen LogP contribution < -0.4 is 4.90 Å². The van der Waals surface area contributed by atoms with Gasteiger partial charge in [0.1, 0.15) is 5.82 Å². The molecular formula is C12H18ClN3. The normalized spacial score (nSPS) is 25.9. The number of piperidine rings is 1. The molecule has 2 unspecified atom stereocenters. The van der Waals surface area contributed by atoms with Crippen molar-refractivity contribution < 1.29 is 0 Å². The van der Waals surface area contributed by atoms with Gasteiger partial charge in [0.25, 0.3) is 0 Å². The minimum Gasteiger partial charge on any atom is -0.355 e. The Balaban J connectivity index is 2.21. The van der Waals surface area contributed by atoms with E-state index in [4.69, 9.17) is 11.6 Å². The number of hydrogen-bond acceptors (Lipinski definition) is 3. The molecule has 1 saturated heterocycles. The second kappa shape index (κ2) is 4.58. The number of aromatic nitrogens is 2. The number of rotatable bonds is 1. The predicted octanol–water partition coefficient (Wildman–Crippen LogP) is 2.55. The Morgan fingerprint density at radius 2 is 2.19 bits per heavy atom. The molecule has 0 aromatic carbocycles. The summed E-state index contributed by atoms with van der Waals surface area (Å²) in [6.45, 7) is 8.15. The highest BCUT2D eigenvalue weighted by molar-refractivity contribution is 6.20. The molecule has 0 N–H and O–H groups in total. The summed E-state index contributed by atoms with van der Waals surface area (Å²) < 4.78 is 0. The van der Waals surface area contributed by atoms with Gasteiger partial charge in [0.05, 0.1) is 11.4 Å². The largest absolute Gasteiger partial charge is 0.355 e. The van der Waals surface area contributed by atoms with Crippen LogP contribution in [-0.2, 0) is 0 Å². The molecule has 1 aliphatic rings. The molecule has 0 radical (unpaired) electrons. The van der Waals surface area contributed by atoms with Gasteiger partial charge < -0.3 is 4.90 Å². The summed E-state index contributed by atoms with van der Waals surface area (Å²) in [5.74, 6) is 1.53. The van der Waals surface area contributed by atoms with E-state index in [0.29, 0.717) is 11.3 Å². The van der Waals surface area contributed by atoms with Gasteiger partial charge in [-0.1, -0.05) is 6.92 Å². The number of nitrogens with zero attached hydrogens (tertiary/aromatic N) is 3. The Morgan fingerprint density at radius 1 is 1.44 bits per heavy atom. The van der Waals surface area contributed by atoms with E-state index in [1.807, 2.05) is 20.0 Å². The van der Waals surface area contributed by atoms with Crippen molar-refractivity contribution in [1.29, 1.82) is 0 Å². The molecule has 1 aromatic rings. The Bertz CT molecular complexity index is 381. The fraction of sp³-hybridized carbons (Fsp3) is 0.667. The summed E-state index contributed by atoms with van der Waals surface area (Å²) in [6, 6.07) is 0. The van der Waals surface area contributed by atoms with E-state index in [1.165, 1.54) is 0 Å². The molecule has 1 aliphatic heterocycles. The molecule has 2 heterocycles. The van der Waals surface area contributed by atoms with Crippen molar-refractivity contribution in [2.75, 3.05) is 18.0 Å². The molecule has 4 heteroatoms. The lowest BCUT2D eigenvalue weighted by molar-refractivity contribution is 0.451. The summed E-state index contributed by atoms with van der Waals surface area (Å²) in [4.78, 5) is 11.2. The SMILES string of the molecule is Cc1cnc(C)c(N2CCC(Cl)C(C)C2)n1. The zero-order chi connectivity index (χ0) is 11.7. The zero-order valence-corrected chi connectivity index (χ0v) is 10.8. The Morgan fingerprint density at radius 3 is 2.88 bits per heavy atom. The average molecular weight is 240 g/mol. The number of alkyl halides is 1. The molecule has 88 valence electrons. The van der Waals surface area contributed by atoms with Crippen molar-refractivity contribution in [1.82, 2.24) is 9.97 Å². The number of halogens is 1. The van der Waals surface area contributed by atoms with E-state index in [-0.39, 0.29) is 0 Å². The summed E-state index contributed by atoms with van der Waals surface area (Å²) in [5.41, 5.74) is 1.98. The van der Waals surface area contributed by atoms with Gasteiger partial charge in [-0.2, -0.15) is 0 Å². The van der Waals surface area contributed by atoms with E-state index in [9.17, 15) is 0 Å². The molecule has 2 atom stereocenters. The second-order valence-electron chi connectivity index (χ2n) is 4.65. The molecule has 0 aliphatic carbocycles. The Kier molecular flexibility index (Phi) is 3.33. The summed E-state index contributed by atoms with van der Waals surface area (Å²) >= 11 is 6.23. The van der Waals surface area contributed by atoms with Crippen molar-refractivity contribution in [3.05, 3.63) is 17.6 Å². The second-order valence-corrected chi connectivity index (χ2v) is 5.21. The monoisotopic (exact) mass is 239 g/mol. The molecule has 0 amide bonds. The lowest BCUT2D eigenvalue weighted by Crippen LogP contribution is -2.40. The van der Waals surface area contributed by atoms with Crippen LogP contribution in [-0.4, -0.2) is 28.4 Å². The van der Waals surface area contributed by atoms with Gasteiger partial charge in [-0.25, -0.2) is 4.98 Å². The highest BCUT2D eigenvalue weighted by atomic mass is 35.5. The van der Waals surface area contributed by atoms with Crippen LogP contribution in [0.2, 0.25) is 0 Å². The molecule has 0 bridgehead atoms. The van der Waals surface area contributed by atoms with Gasteiger partial charge in [0.15, 0.2) is 0 Å². The van der Waals surface area contributed by atoms with Gasteiger partial charge in [-0.3, -0.25) is 4.98 Å². The first-order valence-electron chi connectivity index (χ1n) is 5.77. The zero-order valence-electron chi connectivity index (χ0n) is 10.1. The maximum atomic E-state index is 6.23. The van der Waals surface area contributed by atoms with Crippen molar-refractivity contribution >= 4 is 17.4 Å². The molecule has 0 spiro atoms. The highest BCUT2D eigenvalue weighted by Crippen LogP contribution is 2.26. The third-order valence-corrected chi connectivity index (χ3v) is 3.80. The average Bonchev–Trinajstić information content (AvgIpc) is 2.26. The highest BCUT2D eigenvalue weighted by Gasteiger charge is 2.26. The summed E-state index contributed by atoms with van der Waals surface area (Å²) in [7, 11) is 0. The van der Waals surface area contributed by atoms with Crippen LogP contribution in [0.4, 0.5) is 5.82 Å².